The van der Waals surface area contributed by atoms with Crippen LogP contribution >= 0.6 is 0 Å². The minimum Gasteiger partial charge on any atom is -0.347 e. The largest absolute Gasteiger partial charge is 0.347 e. The second-order valence-corrected chi connectivity index (χ2v) is 5.23. The number of carbonyl (C=O) groups excluding carboxylic acids is 1. The van der Waals surface area contributed by atoms with Crippen LogP contribution in [-0.4, -0.2) is 49.4 Å². The predicted octanol–water partition coefficient (Wildman–Crippen LogP) is 2.50. The molecule has 0 aliphatic rings. The van der Waals surface area contributed by atoms with Gasteiger partial charge in [-0.15, -0.1) is 0 Å². The van der Waals surface area contributed by atoms with Gasteiger partial charge in [0.25, 0.3) is 0 Å². The average Bonchev–Trinajstić information content (AvgIpc) is 2.37. The molecule has 0 saturated carbocycles. The van der Waals surface area contributed by atoms with Crippen molar-refractivity contribution in [1.29, 1.82) is 0 Å². The maximum Gasteiger partial charge on any atom is 0.239 e. The first-order chi connectivity index (χ1) is 8.91. The second-order valence-electron chi connectivity index (χ2n) is 5.23. The van der Waals surface area contributed by atoms with E-state index < -0.39 is 0 Å². The normalized spacial score (nSPS) is 13.5. The minimum atomic E-state index is -0.103. The van der Waals surface area contributed by atoms with Crippen molar-refractivity contribution in [2.75, 3.05) is 27.7 Å². The van der Waals surface area contributed by atoms with Gasteiger partial charge in [0.05, 0.1) is 6.04 Å². The smallest absolute Gasteiger partial charge is 0.239 e. The number of hydrogen-bond donors (Lipinski definition) is 0. The van der Waals surface area contributed by atoms with E-state index in [2.05, 4.69) is 30.0 Å². The van der Waals surface area contributed by atoms with E-state index in [0.29, 0.717) is 0 Å². The van der Waals surface area contributed by atoms with Crippen molar-refractivity contribution >= 4 is 12.0 Å². The van der Waals surface area contributed by atoms with E-state index in [4.69, 9.17) is 0 Å². The summed E-state index contributed by atoms with van der Waals surface area (Å²) in [5.74, 6) is 0.134. The highest BCUT2D eigenvalue weighted by atomic mass is 16.2. The van der Waals surface area contributed by atoms with Crippen molar-refractivity contribution in [2.24, 2.45) is 0 Å². The molecule has 3 nitrogen and oxygen atoms in total. The standard InChI is InChI=1S/C16H24N2O/c1-13(11-15-9-7-6-8-10-15)12-18(5)14(2)16(19)17(3)4/h6-11,14H,12H2,1-5H3/b13-11+/t14-/m1/s1. The van der Waals surface area contributed by atoms with E-state index in [0.717, 1.165) is 6.54 Å². The van der Waals surface area contributed by atoms with Gasteiger partial charge in [0, 0.05) is 20.6 Å². The van der Waals surface area contributed by atoms with E-state index in [1.165, 1.54) is 11.1 Å². The predicted molar refractivity (Wildman–Crippen MR) is 80.9 cm³/mol. The zero-order chi connectivity index (χ0) is 14.4. The molecule has 0 saturated heterocycles. The summed E-state index contributed by atoms with van der Waals surface area (Å²) in [6.45, 7) is 4.82. The SMILES string of the molecule is C/C(=C\c1ccccc1)CN(C)[C@H](C)C(=O)N(C)C. The summed E-state index contributed by atoms with van der Waals surface area (Å²) in [5.41, 5.74) is 2.44. The van der Waals surface area contributed by atoms with E-state index in [1.54, 1.807) is 19.0 Å². The Morgan fingerprint density at radius 1 is 1.21 bits per heavy atom. The lowest BCUT2D eigenvalue weighted by Crippen LogP contribution is -2.43. The molecule has 0 heterocycles. The molecule has 0 N–H and O–H groups in total. The number of hydrogen-bond acceptors (Lipinski definition) is 2. The molecule has 19 heavy (non-hydrogen) atoms. The van der Waals surface area contributed by atoms with E-state index in [9.17, 15) is 4.79 Å². The molecule has 0 unspecified atom stereocenters. The maximum atomic E-state index is 11.9. The molecule has 0 aromatic heterocycles. The van der Waals surface area contributed by atoms with Crippen molar-refractivity contribution < 1.29 is 4.79 Å². The van der Waals surface area contributed by atoms with Gasteiger partial charge >= 0.3 is 0 Å². The van der Waals surface area contributed by atoms with Crippen LogP contribution in [-0.2, 0) is 4.79 Å². The molecule has 1 rings (SSSR count). The zero-order valence-electron chi connectivity index (χ0n) is 12.6. The lowest BCUT2D eigenvalue weighted by molar-refractivity contribution is -0.133. The molecule has 1 aromatic rings. The molecular formula is C16H24N2O. The van der Waals surface area contributed by atoms with Crippen LogP contribution in [0, 0.1) is 0 Å². The molecule has 1 amide bonds. The molecular weight excluding hydrogens is 236 g/mol. The summed E-state index contributed by atoms with van der Waals surface area (Å²) in [4.78, 5) is 15.6. The van der Waals surface area contributed by atoms with Gasteiger partial charge in [0.1, 0.15) is 0 Å². The van der Waals surface area contributed by atoms with Crippen LogP contribution in [0.15, 0.2) is 35.9 Å². The third-order valence-corrected chi connectivity index (χ3v) is 3.17. The van der Waals surface area contributed by atoms with Crippen LogP contribution in [0.3, 0.4) is 0 Å². The fourth-order valence-electron chi connectivity index (χ4n) is 1.97. The number of benzene rings is 1. The summed E-state index contributed by atoms with van der Waals surface area (Å²) < 4.78 is 0. The first-order valence-electron chi connectivity index (χ1n) is 6.55. The van der Waals surface area contributed by atoms with Crippen LogP contribution in [0.1, 0.15) is 19.4 Å². The van der Waals surface area contributed by atoms with Gasteiger partial charge in [-0.25, -0.2) is 0 Å². The van der Waals surface area contributed by atoms with Crippen molar-refractivity contribution in [3.05, 3.63) is 41.5 Å². The number of nitrogens with zero attached hydrogens (tertiary/aromatic N) is 2. The van der Waals surface area contributed by atoms with Crippen molar-refractivity contribution in [3.63, 3.8) is 0 Å². The highest BCUT2D eigenvalue weighted by Gasteiger charge is 2.19. The molecule has 0 aliphatic heterocycles. The topological polar surface area (TPSA) is 23.6 Å². The Morgan fingerprint density at radius 3 is 2.32 bits per heavy atom. The maximum absolute atomic E-state index is 11.9. The Hall–Kier alpha value is -1.61. The Morgan fingerprint density at radius 2 is 1.79 bits per heavy atom. The van der Waals surface area contributed by atoms with Gasteiger partial charge in [0.2, 0.25) is 5.91 Å². The number of carbonyl (C=O) groups is 1. The Balaban J connectivity index is 2.64. The third-order valence-electron chi connectivity index (χ3n) is 3.17. The third kappa shape index (κ3) is 4.87. The van der Waals surface area contributed by atoms with Gasteiger partial charge in [-0.1, -0.05) is 42.0 Å². The molecule has 1 atom stereocenters. The van der Waals surface area contributed by atoms with E-state index in [1.807, 2.05) is 32.2 Å². The highest BCUT2D eigenvalue weighted by Crippen LogP contribution is 2.09. The Kier molecular flexibility index (Phi) is 5.77. The van der Waals surface area contributed by atoms with Crippen molar-refractivity contribution in [1.82, 2.24) is 9.80 Å². The minimum absolute atomic E-state index is 0.103. The Labute approximate surface area is 116 Å². The lowest BCUT2D eigenvalue weighted by Gasteiger charge is -2.26. The van der Waals surface area contributed by atoms with E-state index in [-0.39, 0.29) is 11.9 Å². The molecule has 0 bridgehead atoms. The molecule has 1 aromatic carbocycles. The van der Waals surface area contributed by atoms with Crippen molar-refractivity contribution in [2.45, 2.75) is 19.9 Å². The lowest BCUT2D eigenvalue weighted by atomic mass is 10.1. The van der Waals surface area contributed by atoms with Crippen LogP contribution in [0.2, 0.25) is 0 Å². The fraction of sp³-hybridized carbons (Fsp3) is 0.438. The summed E-state index contributed by atoms with van der Waals surface area (Å²) in [5, 5.41) is 0. The summed E-state index contributed by atoms with van der Waals surface area (Å²) in [6.07, 6.45) is 2.16. The van der Waals surface area contributed by atoms with Gasteiger partial charge in [-0.2, -0.15) is 0 Å². The number of likely N-dealkylation sites (N-methyl/N-ethyl adjacent to an activating group) is 2. The van der Waals surface area contributed by atoms with Crippen LogP contribution in [0.4, 0.5) is 0 Å². The second kappa shape index (κ2) is 7.10. The van der Waals surface area contributed by atoms with Crippen LogP contribution in [0.5, 0.6) is 0 Å². The molecule has 0 radical (unpaired) electrons. The summed E-state index contributed by atoms with van der Waals surface area (Å²) in [7, 11) is 5.56. The van der Waals surface area contributed by atoms with Gasteiger partial charge in [0.15, 0.2) is 0 Å². The van der Waals surface area contributed by atoms with Gasteiger partial charge < -0.3 is 4.90 Å². The number of amides is 1. The zero-order valence-corrected chi connectivity index (χ0v) is 12.6. The highest BCUT2D eigenvalue weighted by molar-refractivity contribution is 5.80. The average molecular weight is 260 g/mol. The first-order valence-corrected chi connectivity index (χ1v) is 6.55. The molecule has 0 fully saturated rings. The molecule has 3 heteroatoms. The van der Waals surface area contributed by atoms with Gasteiger partial charge in [-0.3, -0.25) is 9.69 Å². The fourth-order valence-corrected chi connectivity index (χ4v) is 1.97. The van der Waals surface area contributed by atoms with Gasteiger partial charge in [-0.05, 0) is 26.5 Å². The molecule has 104 valence electrons. The molecule has 0 aliphatic carbocycles. The Bertz CT molecular complexity index is 437. The summed E-state index contributed by atoms with van der Waals surface area (Å²) in [6, 6.07) is 10.1. The first kappa shape index (κ1) is 15.4. The monoisotopic (exact) mass is 260 g/mol. The quantitative estimate of drug-likeness (QED) is 0.812. The van der Waals surface area contributed by atoms with Crippen molar-refractivity contribution in [3.8, 4) is 0 Å². The van der Waals surface area contributed by atoms with Crippen LogP contribution < -0.4 is 0 Å². The molecule has 0 spiro atoms. The summed E-state index contributed by atoms with van der Waals surface area (Å²) >= 11 is 0. The number of rotatable bonds is 5. The van der Waals surface area contributed by atoms with E-state index >= 15 is 0 Å². The van der Waals surface area contributed by atoms with Crippen LogP contribution in [0.25, 0.3) is 6.08 Å².